The molecule has 0 fully saturated rings. The average Bonchev–Trinajstić information content (AvgIpc) is 2.74. The van der Waals surface area contributed by atoms with Crippen LogP contribution in [0.1, 0.15) is 46.0 Å². The SMILES string of the molecule is CSCCC(NC(=O)C(CCC(=O)O)NC(=O)C(NC(=O)C(N)CCC(=O)O)C(C)C)C(=O)O. The van der Waals surface area contributed by atoms with Crippen LogP contribution in [0.2, 0.25) is 0 Å². The molecule has 4 atom stereocenters. The van der Waals surface area contributed by atoms with Gasteiger partial charge in [-0.2, -0.15) is 11.8 Å². The minimum absolute atomic E-state index is 0.126. The van der Waals surface area contributed by atoms with Gasteiger partial charge in [0, 0.05) is 12.8 Å². The Morgan fingerprint density at radius 2 is 1.29 bits per heavy atom. The van der Waals surface area contributed by atoms with Crippen molar-refractivity contribution >= 4 is 47.4 Å². The van der Waals surface area contributed by atoms with E-state index in [1.165, 1.54) is 11.8 Å². The van der Waals surface area contributed by atoms with Crippen molar-refractivity contribution < 1.29 is 44.1 Å². The lowest BCUT2D eigenvalue weighted by molar-refractivity contribution is -0.143. The second-order valence-electron chi connectivity index (χ2n) is 7.94. The maximum absolute atomic E-state index is 12.9. The molecule has 0 radical (unpaired) electrons. The molecular weight excluding hydrogens is 472 g/mol. The van der Waals surface area contributed by atoms with E-state index in [0.29, 0.717) is 5.75 Å². The summed E-state index contributed by atoms with van der Waals surface area (Å²) in [6.07, 6.45) is 0.624. The minimum atomic E-state index is -1.36. The highest BCUT2D eigenvalue weighted by Crippen LogP contribution is 2.08. The summed E-state index contributed by atoms with van der Waals surface area (Å²) in [4.78, 5) is 70.9. The van der Waals surface area contributed by atoms with Crippen LogP contribution in [0, 0.1) is 5.92 Å². The molecule has 0 spiro atoms. The quantitative estimate of drug-likeness (QED) is 0.126. The van der Waals surface area contributed by atoms with Gasteiger partial charge in [0.1, 0.15) is 18.1 Å². The highest BCUT2D eigenvalue weighted by atomic mass is 32.2. The first-order valence-electron chi connectivity index (χ1n) is 10.6. The largest absolute Gasteiger partial charge is 0.481 e. The summed E-state index contributed by atoms with van der Waals surface area (Å²) < 4.78 is 0. The fraction of sp³-hybridized carbons (Fsp3) is 0.700. The van der Waals surface area contributed by atoms with Crippen LogP contribution >= 0.6 is 11.8 Å². The van der Waals surface area contributed by atoms with Gasteiger partial charge in [0.2, 0.25) is 17.7 Å². The molecule has 3 amide bonds. The Balaban J connectivity index is 5.43. The van der Waals surface area contributed by atoms with Gasteiger partial charge in [-0.05, 0) is 37.2 Å². The summed E-state index contributed by atoms with van der Waals surface area (Å²) in [5.74, 6) is -6.06. The van der Waals surface area contributed by atoms with E-state index >= 15 is 0 Å². The number of nitrogens with one attached hydrogen (secondary N) is 3. The van der Waals surface area contributed by atoms with Gasteiger partial charge in [-0.15, -0.1) is 0 Å². The summed E-state index contributed by atoms with van der Waals surface area (Å²) in [5.41, 5.74) is 5.67. The molecule has 0 saturated heterocycles. The predicted octanol–water partition coefficient (Wildman–Crippen LogP) is -1.01. The van der Waals surface area contributed by atoms with Gasteiger partial charge >= 0.3 is 17.9 Å². The number of aliphatic carboxylic acids is 3. The first kappa shape index (κ1) is 31.1. The van der Waals surface area contributed by atoms with Gasteiger partial charge in [0.05, 0.1) is 6.04 Å². The van der Waals surface area contributed by atoms with Gasteiger partial charge in [-0.3, -0.25) is 24.0 Å². The molecular formula is C20H34N4O9S. The van der Waals surface area contributed by atoms with E-state index in [1.54, 1.807) is 20.1 Å². The maximum Gasteiger partial charge on any atom is 0.326 e. The molecule has 13 nitrogen and oxygen atoms in total. The first-order chi connectivity index (χ1) is 15.8. The Kier molecular flexibility index (Phi) is 14.5. The number of rotatable bonds is 17. The highest BCUT2D eigenvalue weighted by molar-refractivity contribution is 7.98. The number of carbonyl (C=O) groups is 6. The summed E-state index contributed by atoms with van der Waals surface area (Å²) in [6.45, 7) is 3.23. The number of thioether (sulfide) groups is 1. The number of carboxylic acids is 3. The third kappa shape index (κ3) is 12.4. The van der Waals surface area contributed by atoms with E-state index in [0.717, 1.165) is 0 Å². The number of amides is 3. The van der Waals surface area contributed by atoms with E-state index in [2.05, 4.69) is 16.0 Å². The molecule has 4 unspecified atom stereocenters. The molecule has 0 aromatic rings. The van der Waals surface area contributed by atoms with Gasteiger partial charge < -0.3 is 37.0 Å². The van der Waals surface area contributed by atoms with Crippen molar-refractivity contribution in [3.8, 4) is 0 Å². The van der Waals surface area contributed by atoms with Gasteiger partial charge in [0.25, 0.3) is 0 Å². The Morgan fingerprint density at radius 1 is 0.765 bits per heavy atom. The van der Waals surface area contributed by atoms with Crippen molar-refractivity contribution in [2.45, 2.75) is 70.1 Å². The molecule has 0 rings (SSSR count). The van der Waals surface area contributed by atoms with Crippen LogP contribution in [0.25, 0.3) is 0 Å². The van der Waals surface area contributed by atoms with Crippen LogP contribution < -0.4 is 21.7 Å². The third-order valence-electron chi connectivity index (χ3n) is 4.76. The van der Waals surface area contributed by atoms with Crippen LogP contribution in [0.4, 0.5) is 0 Å². The van der Waals surface area contributed by atoms with E-state index in [4.69, 9.17) is 15.9 Å². The third-order valence-corrected chi connectivity index (χ3v) is 5.40. The Morgan fingerprint density at radius 3 is 1.76 bits per heavy atom. The predicted molar refractivity (Wildman–Crippen MR) is 123 cm³/mol. The molecule has 8 N–H and O–H groups in total. The monoisotopic (exact) mass is 506 g/mol. The molecule has 0 heterocycles. The summed E-state index contributed by atoms with van der Waals surface area (Å²) >= 11 is 1.38. The lowest BCUT2D eigenvalue weighted by Crippen LogP contribution is -2.58. The normalized spacial score (nSPS) is 14.4. The smallest absolute Gasteiger partial charge is 0.326 e. The number of hydrogen-bond donors (Lipinski definition) is 7. The second-order valence-corrected chi connectivity index (χ2v) is 8.93. The van der Waals surface area contributed by atoms with E-state index in [9.17, 15) is 33.9 Å². The summed E-state index contributed by atoms with van der Waals surface area (Å²) in [7, 11) is 0. The fourth-order valence-electron chi connectivity index (χ4n) is 2.77. The zero-order valence-electron chi connectivity index (χ0n) is 19.4. The van der Waals surface area contributed by atoms with Crippen molar-refractivity contribution in [1.29, 1.82) is 0 Å². The molecule has 0 aromatic heterocycles. The van der Waals surface area contributed by atoms with E-state index in [-0.39, 0.29) is 25.7 Å². The Labute approximate surface area is 201 Å². The maximum atomic E-state index is 12.9. The van der Waals surface area contributed by atoms with Crippen molar-refractivity contribution in [2.75, 3.05) is 12.0 Å². The van der Waals surface area contributed by atoms with Gasteiger partial charge in [-0.1, -0.05) is 13.8 Å². The minimum Gasteiger partial charge on any atom is -0.481 e. The lowest BCUT2D eigenvalue weighted by Gasteiger charge is -2.26. The Hall–Kier alpha value is -2.87. The topological polar surface area (TPSA) is 225 Å². The molecule has 0 aliphatic heterocycles. The van der Waals surface area contributed by atoms with Gasteiger partial charge in [-0.25, -0.2) is 4.79 Å². The first-order valence-corrected chi connectivity index (χ1v) is 12.0. The van der Waals surface area contributed by atoms with Crippen molar-refractivity contribution in [2.24, 2.45) is 11.7 Å². The van der Waals surface area contributed by atoms with Crippen LogP contribution in [-0.4, -0.2) is 87.1 Å². The lowest BCUT2D eigenvalue weighted by atomic mass is 10.0. The van der Waals surface area contributed by atoms with Crippen LogP contribution in [0.3, 0.4) is 0 Å². The molecule has 0 bridgehead atoms. The standard InChI is InChI=1S/C20H34N4O9S/c1-10(2)16(24-17(29)11(21)4-6-14(25)26)19(31)22-12(5-7-15(27)28)18(30)23-13(20(32)33)8-9-34-3/h10-13,16H,4-9,21H2,1-3H3,(H,22,31)(H,23,30)(H,24,29)(H,25,26)(H,27,28)(H,32,33). The van der Waals surface area contributed by atoms with Crippen molar-refractivity contribution in [1.82, 2.24) is 16.0 Å². The van der Waals surface area contributed by atoms with Gasteiger partial charge in [0.15, 0.2) is 0 Å². The van der Waals surface area contributed by atoms with Crippen LogP contribution in [0.5, 0.6) is 0 Å². The second kappa shape index (κ2) is 15.9. The number of carbonyl (C=O) groups excluding carboxylic acids is 3. The molecule has 0 aliphatic carbocycles. The zero-order chi connectivity index (χ0) is 26.4. The molecule has 14 heteroatoms. The van der Waals surface area contributed by atoms with Crippen molar-refractivity contribution in [3.63, 3.8) is 0 Å². The van der Waals surface area contributed by atoms with Crippen LogP contribution in [0.15, 0.2) is 0 Å². The van der Waals surface area contributed by atoms with E-state index in [1.807, 2.05) is 0 Å². The summed E-state index contributed by atoms with van der Waals surface area (Å²) in [5, 5.41) is 34.1. The fourth-order valence-corrected chi connectivity index (χ4v) is 3.24. The molecule has 0 aromatic carbocycles. The molecule has 34 heavy (non-hydrogen) atoms. The number of carboxylic acid groups (broad SMARTS) is 3. The highest BCUT2D eigenvalue weighted by Gasteiger charge is 2.32. The number of hydrogen-bond acceptors (Lipinski definition) is 8. The van der Waals surface area contributed by atoms with E-state index < -0.39 is 72.1 Å². The Bertz CT molecular complexity index is 748. The van der Waals surface area contributed by atoms with Crippen molar-refractivity contribution in [3.05, 3.63) is 0 Å². The van der Waals surface area contributed by atoms with Crippen LogP contribution in [-0.2, 0) is 28.8 Å². The molecule has 194 valence electrons. The summed E-state index contributed by atoms with van der Waals surface area (Å²) in [6, 6.07) is -4.92. The number of nitrogens with two attached hydrogens (primary N) is 1. The molecule has 0 saturated carbocycles. The zero-order valence-corrected chi connectivity index (χ0v) is 20.2. The molecule has 0 aliphatic rings. The average molecular weight is 507 g/mol.